The van der Waals surface area contributed by atoms with Crippen LogP contribution in [0.3, 0.4) is 0 Å². The number of nitrogens with one attached hydrogen (secondary N) is 2. The molecule has 0 radical (unpaired) electrons. The summed E-state index contributed by atoms with van der Waals surface area (Å²) >= 11 is 1.47. The first-order valence-corrected chi connectivity index (χ1v) is 15.5. The molecule has 1 aliphatic rings. The third kappa shape index (κ3) is 7.55. The molecule has 4 atom stereocenters. The van der Waals surface area contributed by atoms with Crippen molar-refractivity contribution in [2.24, 2.45) is 5.92 Å². The molecule has 4 aromatic rings. The first-order valence-electron chi connectivity index (χ1n) is 14.5. The smallest absolute Gasteiger partial charge is 0.315 e. The number of amides is 2. The van der Waals surface area contributed by atoms with Gasteiger partial charge < -0.3 is 30.4 Å². The highest BCUT2D eigenvalue weighted by Gasteiger charge is 2.38. The van der Waals surface area contributed by atoms with Crippen molar-refractivity contribution >= 4 is 17.8 Å². The van der Waals surface area contributed by atoms with Crippen molar-refractivity contribution in [3.63, 3.8) is 0 Å². The highest BCUT2D eigenvalue weighted by Crippen LogP contribution is 2.43. The lowest BCUT2D eigenvalue weighted by Crippen LogP contribution is -2.39. The quantitative estimate of drug-likeness (QED) is 0.119. The van der Waals surface area contributed by atoms with Gasteiger partial charge in [0.15, 0.2) is 12.5 Å². The number of hydrogen-bond donors (Lipinski definition) is 3. The molecule has 3 aromatic carbocycles. The zero-order chi connectivity index (χ0) is 30.2. The van der Waals surface area contributed by atoms with E-state index in [1.54, 1.807) is 6.07 Å². The predicted molar refractivity (Wildman–Crippen MR) is 167 cm³/mol. The van der Waals surface area contributed by atoms with E-state index in [0.29, 0.717) is 23.9 Å². The first kappa shape index (κ1) is 30.6. The van der Waals surface area contributed by atoms with Gasteiger partial charge in [-0.25, -0.2) is 4.79 Å². The molecule has 0 saturated carbocycles. The molecule has 0 bridgehead atoms. The van der Waals surface area contributed by atoms with Gasteiger partial charge in [-0.15, -0.1) is 0 Å². The summed E-state index contributed by atoms with van der Waals surface area (Å²) in [5.74, 6) is 0.596. The number of carbonyl (C=O) groups excluding carboxylic acids is 1. The van der Waals surface area contributed by atoms with Crippen LogP contribution in [-0.4, -0.2) is 29.5 Å². The molecule has 1 aliphatic heterocycles. The van der Waals surface area contributed by atoms with E-state index in [9.17, 15) is 15.1 Å². The number of carbonyl (C=O) groups is 1. The number of urea groups is 1. The maximum atomic E-state index is 12.3. The molecule has 43 heavy (non-hydrogen) atoms. The molecule has 0 spiro atoms. The normalized spacial score (nSPS) is 20.0. The summed E-state index contributed by atoms with van der Waals surface area (Å²) in [6.07, 6.45) is 0.462. The molecule has 9 heteroatoms. The Kier molecular flexibility index (Phi) is 10.3. The third-order valence-electron chi connectivity index (χ3n) is 7.60. The van der Waals surface area contributed by atoms with Crippen LogP contribution in [0, 0.1) is 11.1 Å². The van der Waals surface area contributed by atoms with Gasteiger partial charge in [0.2, 0.25) is 0 Å². The number of aromatic nitrogens is 1. The van der Waals surface area contributed by atoms with Crippen LogP contribution in [-0.2, 0) is 22.6 Å². The summed E-state index contributed by atoms with van der Waals surface area (Å²) in [5, 5.41) is 28.1. The van der Waals surface area contributed by atoms with E-state index < -0.39 is 6.29 Å². The van der Waals surface area contributed by atoms with Crippen molar-refractivity contribution < 1.29 is 24.1 Å². The second-order valence-electron chi connectivity index (χ2n) is 10.5. The van der Waals surface area contributed by atoms with Gasteiger partial charge >= 0.3 is 6.03 Å². The van der Waals surface area contributed by atoms with Gasteiger partial charge in [-0.2, -0.15) is 4.73 Å². The summed E-state index contributed by atoms with van der Waals surface area (Å²) in [7, 11) is 0. The molecule has 8 nitrogen and oxygen atoms in total. The average molecular weight is 600 g/mol. The van der Waals surface area contributed by atoms with Crippen LogP contribution in [0.5, 0.6) is 0 Å². The van der Waals surface area contributed by atoms with E-state index >= 15 is 0 Å². The van der Waals surface area contributed by atoms with Crippen molar-refractivity contribution in [1.29, 1.82) is 0 Å². The summed E-state index contributed by atoms with van der Waals surface area (Å²) in [6.45, 7) is 4.96. The van der Waals surface area contributed by atoms with Gasteiger partial charge in [0.05, 0.1) is 18.8 Å². The molecule has 2 amide bonds. The summed E-state index contributed by atoms with van der Waals surface area (Å²) in [4.78, 5) is 12.0. The Bertz CT molecular complexity index is 1500. The minimum absolute atomic E-state index is 0.0103. The fourth-order valence-corrected chi connectivity index (χ4v) is 6.26. The zero-order valence-electron chi connectivity index (χ0n) is 24.3. The lowest BCUT2D eigenvalue weighted by atomic mass is 9.91. The predicted octanol–water partition coefficient (Wildman–Crippen LogP) is 5.88. The van der Waals surface area contributed by atoms with Crippen molar-refractivity contribution in [2.45, 2.75) is 50.5 Å². The van der Waals surface area contributed by atoms with Crippen molar-refractivity contribution in [3.8, 4) is 11.1 Å². The Hall–Kier alpha value is -3.89. The Morgan fingerprint density at radius 2 is 1.65 bits per heavy atom. The molecular weight excluding hydrogens is 562 g/mol. The van der Waals surface area contributed by atoms with E-state index in [-0.39, 0.29) is 30.8 Å². The molecule has 2 heterocycles. The monoisotopic (exact) mass is 599 g/mol. The molecule has 5 rings (SSSR count). The SMILES string of the molecule is CCNC(=O)NCc1ccccc1-c1ccc([C@@H]2O[C@H](CSc3cccc[n+]3[O-])[C@H](C)[C@H](c3ccc(CO)cc3)O2)cc1. The molecule has 0 unspecified atom stereocenters. The minimum Gasteiger partial charge on any atom is -0.618 e. The molecule has 1 saturated heterocycles. The van der Waals surface area contributed by atoms with E-state index in [4.69, 9.17) is 9.47 Å². The van der Waals surface area contributed by atoms with Crippen LogP contribution in [0.2, 0.25) is 0 Å². The lowest BCUT2D eigenvalue weighted by Gasteiger charge is -2.41. The number of rotatable bonds is 10. The molecule has 1 fully saturated rings. The number of hydrogen-bond acceptors (Lipinski definition) is 6. The van der Waals surface area contributed by atoms with Crippen molar-refractivity contribution in [3.05, 3.63) is 125 Å². The maximum Gasteiger partial charge on any atom is 0.315 e. The molecule has 3 N–H and O–H groups in total. The topological polar surface area (TPSA) is 107 Å². The number of ether oxygens (including phenoxy) is 2. The summed E-state index contributed by atoms with van der Waals surface area (Å²) in [6, 6.07) is 29.1. The highest BCUT2D eigenvalue weighted by atomic mass is 32.2. The van der Waals surface area contributed by atoms with Gasteiger partial charge in [0.1, 0.15) is 0 Å². The van der Waals surface area contributed by atoms with Crippen LogP contribution < -0.4 is 15.4 Å². The number of nitrogens with zero attached hydrogens (tertiary/aromatic N) is 1. The Morgan fingerprint density at radius 3 is 2.37 bits per heavy atom. The van der Waals surface area contributed by atoms with Crippen LogP contribution in [0.4, 0.5) is 4.79 Å². The highest BCUT2D eigenvalue weighted by molar-refractivity contribution is 7.99. The third-order valence-corrected chi connectivity index (χ3v) is 8.70. The number of benzene rings is 3. The van der Waals surface area contributed by atoms with Crippen molar-refractivity contribution in [1.82, 2.24) is 10.6 Å². The fourth-order valence-electron chi connectivity index (χ4n) is 5.18. The second-order valence-corrected chi connectivity index (χ2v) is 11.5. The van der Waals surface area contributed by atoms with Crippen LogP contribution in [0.25, 0.3) is 11.1 Å². The Balaban J connectivity index is 1.37. The molecule has 1 aromatic heterocycles. The lowest BCUT2D eigenvalue weighted by molar-refractivity contribution is -0.645. The summed E-state index contributed by atoms with van der Waals surface area (Å²) in [5.41, 5.74) is 5.81. The second kappa shape index (κ2) is 14.5. The fraction of sp³-hybridized carbons (Fsp3) is 0.294. The largest absolute Gasteiger partial charge is 0.618 e. The number of aliphatic hydroxyl groups is 1. The standard InChI is InChI=1S/C34H37N3O5S/c1-3-35-34(39)36-20-28-8-4-5-9-29(28)25-15-17-27(18-16-25)33-41-30(22-43-31-10-6-7-19-37(31)40)23(2)32(42-33)26-13-11-24(21-38)12-14-26/h4-19,23,30,32-33,38H,3,20-22H2,1-2H3,(H2,35,36,39)/t23-,30+,32+,33+/m0/s1. The van der Waals surface area contributed by atoms with E-state index in [1.165, 1.54) is 18.0 Å². The van der Waals surface area contributed by atoms with Crippen LogP contribution >= 0.6 is 11.8 Å². The number of aliphatic hydroxyl groups excluding tert-OH is 1. The molecule has 224 valence electrons. The summed E-state index contributed by atoms with van der Waals surface area (Å²) < 4.78 is 14.0. The Morgan fingerprint density at radius 1 is 0.930 bits per heavy atom. The average Bonchev–Trinajstić information content (AvgIpc) is 3.04. The van der Waals surface area contributed by atoms with E-state index in [2.05, 4.69) is 17.6 Å². The van der Waals surface area contributed by atoms with E-state index in [0.717, 1.165) is 38.1 Å². The first-order chi connectivity index (χ1) is 21.0. The van der Waals surface area contributed by atoms with Gasteiger partial charge in [0.25, 0.3) is 5.03 Å². The van der Waals surface area contributed by atoms with Crippen LogP contribution in [0.15, 0.2) is 102 Å². The van der Waals surface area contributed by atoms with Gasteiger partial charge in [-0.1, -0.05) is 91.5 Å². The zero-order valence-corrected chi connectivity index (χ0v) is 25.1. The number of thioether (sulfide) groups is 1. The Labute approximate surface area is 256 Å². The van der Waals surface area contributed by atoms with Gasteiger partial charge in [0, 0.05) is 42.5 Å². The van der Waals surface area contributed by atoms with E-state index in [1.807, 2.05) is 91.9 Å². The molecular formula is C34H37N3O5S. The van der Waals surface area contributed by atoms with Gasteiger partial charge in [-0.3, -0.25) is 0 Å². The minimum atomic E-state index is -0.608. The van der Waals surface area contributed by atoms with Crippen LogP contribution in [0.1, 0.15) is 48.5 Å². The maximum absolute atomic E-state index is 12.3. The number of pyridine rings is 1. The molecule has 0 aliphatic carbocycles. The van der Waals surface area contributed by atoms with Crippen molar-refractivity contribution in [2.75, 3.05) is 12.3 Å². The van der Waals surface area contributed by atoms with Gasteiger partial charge in [-0.05, 0) is 40.8 Å².